The van der Waals surface area contributed by atoms with Crippen molar-refractivity contribution in [2.24, 2.45) is 0 Å². The van der Waals surface area contributed by atoms with Gasteiger partial charge in [0.25, 0.3) is 0 Å². The average Bonchev–Trinajstić information content (AvgIpc) is 3.13. The van der Waals surface area contributed by atoms with E-state index in [1.165, 1.54) is 6.33 Å². The van der Waals surface area contributed by atoms with Gasteiger partial charge in [0.1, 0.15) is 17.1 Å². The molecule has 2 heterocycles. The quantitative estimate of drug-likeness (QED) is 0.546. The molecule has 96 valence electrons. The minimum absolute atomic E-state index is 0.165. The van der Waals surface area contributed by atoms with Crippen molar-refractivity contribution >= 4 is 11.6 Å². The van der Waals surface area contributed by atoms with E-state index in [-0.39, 0.29) is 23.0 Å². The van der Waals surface area contributed by atoms with Crippen LogP contribution in [0.15, 0.2) is 36.8 Å². The number of hydrogen-bond donors (Lipinski definition) is 2. The molecule has 1 aromatic carbocycles. The summed E-state index contributed by atoms with van der Waals surface area (Å²) in [6.07, 6.45) is 3.08. The summed E-state index contributed by atoms with van der Waals surface area (Å²) in [6.45, 7) is 0. The lowest BCUT2D eigenvalue weighted by atomic mass is 9.90. The highest BCUT2D eigenvalue weighted by Gasteiger charge is 2.33. The lowest BCUT2D eigenvalue weighted by molar-refractivity contribution is 0.0974. The van der Waals surface area contributed by atoms with Crippen molar-refractivity contribution in [1.82, 2.24) is 19.9 Å². The van der Waals surface area contributed by atoms with E-state index in [1.807, 2.05) is 0 Å². The molecule has 0 spiro atoms. The number of H-pyrrole nitrogens is 2. The van der Waals surface area contributed by atoms with Gasteiger partial charge in [-0.2, -0.15) is 0 Å². The molecular formula is C14H8N4O2. The molecule has 6 nitrogen and oxygen atoms in total. The smallest absolute Gasteiger partial charge is 0.214 e. The molecule has 6 heteroatoms. The van der Waals surface area contributed by atoms with Crippen LogP contribution in [0.5, 0.6) is 0 Å². The van der Waals surface area contributed by atoms with Gasteiger partial charge in [0.15, 0.2) is 5.82 Å². The van der Waals surface area contributed by atoms with Crippen LogP contribution >= 0.6 is 0 Å². The van der Waals surface area contributed by atoms with Crippen molar-refractivity contribution in [1.29, 1.82) is 0 Å². The van der Waals surface area contributed by atoms with E-state index in [0.29, 0.717) is 22.6 Å². The number of hydrogen-bond acceptors (Lipinski definition) is 4. The fraction of sp³-hybridized carbons (Fsp3) is 0. The van der Waals surface area contributed by atoms with E-state index >= 15 is 0 Å². The van der Waals surface area contributed by atoms with Crippen LogP contribution in [0.2, 0.25) is 0 Å². The van der Waals surface area contributed by atoms with Gasteiger partial charge in [-0.25, -0.2) is 9.97 Å². The number of aromatic amines is 2. The van der Waals surface area contributed by atoms with E-state index in [1.54, 1.807) is 30.5 Å². The SMILES string of the molecule is O=C1c2ccccc2C(=O)c2[nH]c(-c3cnc[nH]3)nc21. The van der Waals surface area contributed by atoms with Crippen molar-refractivity contribution in [3.8, 4) is 11.5 Å². The van der Waals surface area contributed by atoms with Gasteiger partial charge in [0.2, 0.25) is 11.6 Å². The highest BCUT2D eigenvalue weighted by molar-refractivity contribution is 6.27. The zero-order valence-corrected chi connectivity index (χ0v) is 10.2. The minimum atomic E-state index is -0.239. The molecule has 2 aromatic heterocycles. The number of benzene rings is 1. The molecule has 0 saturated heterocycles. The summed E-state index contributed by atoms with van der Waals surface area (Å²) in [5.74, 6) is -0.0207. The summed E-state index contributed by atoms with van der Waals surface area (Å²) < 4.78 is 0. The van der Waals surface area contributed by atoms with Crippen molar-refractivity contribution in [3.05, 3.63) is 59.3 Å². The summed E-state index contributed by atoms with van der Waals surface area (Å²) >= 11 is 0. The molecule has 1 aliphatic carbocycles. The first-order valence-corrected chi connectivity index (χ1v) is 6.03. The van der Waals surface area contributed by atoms with Gasteiger partial charge in [-0.15, -0.1) is 0 Å². The third-order valence-corrected chi connectivity index (χ3v) is 3.32. The Morgan fingerprint density at radius 2 is 1.75 bits per heavy atom. The summed E-state index contributed by atoms with van der Waals surface area (Å²) in [4.78, 5) is 38.7. The van der Waals surface area contributed by atoms with E-state index in [2.05, 4.69) is 19.9 Å². The molecule has 0 aliphatic heterocycles. The third-order valence-electron chi connectivity index (χ3n) is 3.32. The van der Waals surface area contributed by atoms with E-state index in [9.17, 15) is 9.59 Å². The molecule has 0 unspecified atom stereocenters. The van der Waals surface area contributed by atoms with Gasteiger partial charge in [-0.1, -0.05) is 24.3 Å². The number of carbonyl (C=O) groups excluding carboxylic acids is 2. The first kappa shape index (κ1) is 10.9. The number of nitrogens with zero attached hydrogens (tertiary/aromatic N) is 2. The fourth-order valence-electron chi connectivity index (χ4n) is 2.36. The van der Waals surface area contributed by atoms with Crippen LogP contribution in [0.25, 0.3) is 11.5 Å². The van der Waals surface area contributed by atoms with Gasteiger partial charge < -0.3 is 9.97 Å². The number of rotatable bonds is 1. The molecule has 4 rings (SSSR count). The predicted molar refractivity (Wildman–Crippen MR) is 69.5 cm³/mol. The fourth-order valence-corrected chi connectivity index (χ4v) is 2.36. The normalized spacial score (nSPS) is 13.2. The van der Waals surface area contributed by atoms with Crippen LogP contribution in [0.3, 0.4) is 0 Å². The summed E-state index contributed by atoms with van der Waals surface area (Å²) in [6, 6.07) is 6.76. The van der Waals surface area contributed by atoms with Crippen molar-refractivity contribution in [2.45, 2.75) is 0 Å². The Hall–Kier alpha value is -3.02. The Morgan fingerprint density at radius 3 is 2.45 bits per heavy atom. The molecular weight excluding hydrogens is 256 g/mol. The minimum Gasteiger partial charge on any atom is -0.342 e. The molecule has 0 radical (unpaired) electrons. The Balaban J connectivity index is 1.94. The number of imidazole rings is 2. The Labute approximate surface area is 112 Å². The predicted octanol–water partition coefficient (Wildman–Crippen LogP) is 1.58. The summed E-state index contributed by atoms with van der Waals surface area (Å²) in [7, 11) is 0. The second kappa shape index (κ2) is 3.74. The van der Waals surface area contributed by atoms with Crippen molar-refractivity contribution < 1.29 is 9.59 Å². The number of fused-ring (bicyclic) bond motifs is 2. The van der Waals surface area contributed by atoms with Crippen molar-refractivity contribution in [3.63, 3.8) is 0 Å². The van der Waals surface area contributed by atoms with Gasteiger partial charge in [0, 0.05) is 11.1 Å². The maximum atomic E-state index is 12.4. The molecule has 0 amide bonds. The zero-order valence-electron chi connectivity index (χ0n) is 10.2. The molecule has 20 heavy (non-hydrogen) atoms. The van der Waals surface area contributed by atoms with E-state index in [0.717, 1.165) is 0 Å². The monoisotopic (exact) mass is 264 g/mol. The first-order valence-electron chi connectivity index (χ1n) is 6.03. The highest BCUT2D eigenvalue weighted by atomic mass is 16.1. The topological polar surface area (TPSA) is 91.5 Å². The van der Waals surface area contributed by atoms with E-state index in [4.69, 9.17) is 0 Å². The molecule has 0 atom stereocenters. The number of aromatic nitrogens is 4. The lowest BCUT2D eigenvalue weighted by Gasteiger charge is -2.11. The number of ketones is 2. The largest absolute Gasteiger partial charge is 0.342 e. The van der Waals surface area contributed by atoms with Crippen LogP contribution in [0.4, 0.5) is 0 Å². The second-order valence-electron chi connectivity index (χ2n) is 4.48. The van der Waals surface area contributed by atoms with E-state index < -0.39 is 0 Å². The van der Waals surface area contributed by atoms with Gasteiger partial charge >= 0.3 is 0 Å². The molecule has 0 fully saturated rings. The zero-order chi connectivity index (χ0) is 13.7. The van der Waals surface area contributed by atoms with Crippen LogP contribution in [0.1, 0.15) is 32.1 Å². The molecule has 0 bridgehead atoms. The van der Waals surface area contributed by atoms with Gasteiger partial charge in [-0.3, -0.25) is 9.59 Å². The highest BCUT2D eigenvalue weighted by Crippen LogP contribution is 2.27. The molecule has 0 saturated carbocycles. The van der Waals surface area contributed by atoms with Gasteiger partial charge in [0.05, 0.1) is 12.5 Å². The average molecular weight is 264 g/mol. The maximum absolute atomic E-state index is 12.4. The summed E-state index contributed by atoms with van der Waals surface area (Å²) in [5.41, 5.74) is 1.83. The van der Waals surface area contributed by atoms with Gasteiger partial charge in [-0.05, 0) is 0 Å². The standard InChI is InChI=1S/C14H8N4O2/c19-12-7-3-1-2-4-8(7)13(20)11-10(12)17-14(18-11)9-5-15-6-16-9/h1-6H,(H,15,16)(H,17,18). The third kappa shape index (κ3) is 1.33. The molecule has 2 N–H and O–H groups in total. The van der Waals surface area contributed by atoms with Crippen LogP contribution in [0, 0.1) is 0 Å². The van der Waals surface area contributed by atoms with Crippen molar-refractivity contribution in [2.75, 3.05) is 0 Å². The number of nitrogens with one attached hydrogen (secondary N) is 2. The Kier molecular flexibility index (Phi) is 2.03. The van der Waals surface area contributed by atoms with Crippen LogP contribution < -0.4 is 0 Å². The Bertz CT molecular complexity index is 793. The molecule has 1 aliphatic rings. The van der Waals surface area contributed by atoms with Crippen LogP contribution in [-0.2, 0) is 0 Å². The lowest BCUT2D eigenvalue weighted by Crippen LogP contribution is -2.20. The van der Waals surface area contributed by atoms with Crippen LogP contribution in [-0.4, -0.2) is 31.5 Å². The second-order valence-corrected chi connectivity index (χ2v) is 4.48. The maximum Gasteiger partial charge on any atom is 0.214 e. The number of carbonyl (C=O) groups is 2. The summed E-state index contributed by atoms with van der Waals surface area (Å²) in [5, 5.41) is 0. The Morgan fingerprint density at radius 1 is 1.00 bits per heavy atom. The first-order chi connectivity index (χ1) is 9.75. The molecule has 3 aromatic rings.